The molecular weight excluding hydrogens is 532 g/mol. The number of aromatic nitrogens is 3. The number of pyridine rings is 1. The predicted octanol–water partition coefficient (Wildman–Crippen LogP) is 2.67. The number of nitrogens with one attached hydrogen (secondary N) is 3. The lowest BCUT2D eigenvalue weighted by atomic mass is 10.0. The fraction of sp³-hybridized carbons (Fsp3) is 0.393. The molecule has 11 nitrogen and oxygen atoms in total. The van der Waals surface area contributed by atoms with Gasteiger partial charge in [0.1, 0.15) is 5.75 Å². The van der Waals surface area contributed by atoms with Gasteiger partial charge in [-0.15, -0.1) is 0 Å². The van der Waals surface area contributed by atoms with E-state index in [2.05, 4.69) is 35.8 Å². The van der Waals surface area contributed by atoms with Gasteiger partial charge in [-0.3, -0.25) is 14.6 Å². The van der Waals surface area contributed by atoms with Crippen LogP contribution in [0, 0.1) is 0 Å². The Morgan fingerprint density at radius 3 is 2.75 bits per heavy atom. The minimum Gasteiger partial charge on any atom is -0.484 e. The van der Waals surface area contributed by atoms with Gasteiger partial charge in [-0.2, -0.15) is 0 Å². The highest BCUT2D eigenvalue weighted by atomic mass is 35.5. The van der Waals surface area contributed by atoms with E-state index in [9.17, 15) is 9.59 Å². The third-order valence-corrected chi connectivity index (χ3v) is 6.87. The van der Waals surface area contributed by atoms with Crippen molar-refractivity contribution in [1.29, 1.82) is 0 Å². The molecule has 1 fully saturated rings. The van der Waals surface area contributed by atoms with E-state index in [1.54, 1.807) is 13.2 Å². The first-order chi connectivity index (χ1) is 19.4. The van der Waals surface area contributed by atoms with Crippen molar-refractivity contribution in [2.24, 2.45) is 0 Å². The van der Waals surface area contributed by atoms with Gasteiger partial charge < -0.3 is 31.3 Å². The number of benzene rings is 1. The second-order valence-corrected chi connectivity index (χ2v) is 9.95. The highest BCUT2D eigenvalue weighted by molar-refractivity contribution is 6.31. The largest absolute Gasteiger partial charge is 0.484 e. The Morgan fingerprint density at radius 1 is 1.18 bits per heavy atom. The molecular formula is C28H35ClN8O3. The monoisotopic (exact) mass is 566 g/mol. The molecule has 212 valence electrons. The quantitative estimate of drug-likeness (QED) is 0.260. The van der Waals surface area contributed by atoms with Crippen LogP contribution in [0.15, 0.2) is 48.7 Å². The Labute approximate surface area is 238 Å². The molecule has 0 bridgehead atoms. The molecule has 0 aliphatic carbocycles. The van der Waals surface area contributed by atoms with Crippen molar-refractivity contribution in [2.45, 2.75) is 38.3 Å². The molecule has 3 aromatic rings. The topological polar surface area (TPSA) is 147 Å². The van der Waals surface area contributed by atoms with Crippen LogP contribution >= 0.6 is 11.6 Å². The van der Waals surface area contributed by atoms with Gasteiger partial charge in [0.15, 0.2) is 29.1 Å². The molecule has 4 rings (SSSR count). The van der Waals surface area contributed by atoms with E-state index in [-0.39, 0.29) is 41.1 Å². The summed E-state index contributed by atoms with van der Waals surface area (Å²) in [6, 6.07) is 13.4. The molecule has 1 atom stereocenters. The Kier molecular flexibility index (Phi) is 10.5. The summed E-state index contributed by atoms with van der Waals surface area (Å²) in [4.78, 5) is 39.7. The number of carbonyl (C=O) groups is 2. The molecule has 0 saturated carbocycles. The van der Waals surface area contributed by atoms with Crippen LogP contribution in [0.5, 0.6) is 5.75 Å². The van der Waals surface area contributed by atoms with Crippen molar-refractivity contribution in [1.82, 2.24) is 30.5 Å². The molecule has 2 amide bonds. The molecule has 1 aliphatic heterocycles. The average molecular weight is 567 g/mol. The molecule has 40 heavy (non-hydrogen) atoms. The lowest BCUT2D eigenvalue weighted by Gasteiger charge is -2.33. The van der Waals surface area contributed by atoms with Crippen LogP contribution in [0.3, 0.4) is 0 Å². The predicted molar refractivity (Wildman–Crippen MR) is 154 cm³/mol. The van der Waals surface area contributed by atoms with E-state index in [0.717, 1.165) is 51.0 Å². The maximum Gasteiger partial charge on any atom is 0.274 e. The fourth-order valence-electron chi connectivity index (χ4n) is 4.54. The van der Waals surface area contributed by atoms with Gasteiger partial charge in [0, 0.05) is 25.8 Å². The maximum atomic E-state index is 12.9. The molecule has 3 heterocycles. The number of ether oxygens (including phenoxy) is 1. The highest BCUT2D eigenvalue weighted by Crippen LogP contribution is 2.20. The van der Waals surface area contributed by atoms with Gasteiger partial charge >= 0.3 is 0 Å². The number of aryl methyl sites for hydroxylation is 1. The van der Waals surface area contributed by atoms with Crippen LogP contribution < -0.4 is 26.4 Å². The minimum atomic E-state index is -0.321. The van der Waals surface area contributed by atoms with Crippen molar-refractivity contribution in [3.05, 3.63) is 70.8 Å². The van der Waals surface area contributed by atoms with Crippen molar-refractivity contribution in [3.8, 4) is 5.75 Å². The molecule has 5 N–H and O–H groups in total. The molecule has 1 saturated heterocycles. The Balaban J connectivity index is 1.16. The van der Waals surface area contributed by atoms with Gasteiger partial charge in [0.05, 0.1) is 12.2 Å². The fourth-order valence-corrected chi connectivity index (χ4v) is 4.67. The van der Waals surface area contributed by atoms with E-state index >= 15 is 0 Å². The molecule has 1 aromatic carbocycles. The number of hydrogen-bond donors (Lipinski definition) is 4. The van der Waals surface area contributed by atoms with Crippen molar-refractivity contribution in [2.75, 3.05) is 44.3 Å². The minimum absolute atomic E-state index is 0.0103. The number of rotatable bonds is 12. The van der Waals surface area contributed by atoms with E-state index in [1.165, 1.54) is 5.56 Å². The van der Waals surface area contributed by atoms with Crippen LogP contribution in [-0.2, 0) is 17.8 Å². The summed E-state index contributed by atoms with van der Waals surface area (Å²) in [5.41, 5.74) is 7.84. The summed E-state index contributed by atoms with van der Waals surface area (Å²) in [5.74, 6) is 0.512. The number of nitrogens with two attached hydrogens (primary N) is 1. The van der Waals surface area contributed by atoms with Gasteiger partial charge in [-0.05, 0) is 68.6 Å². The second kappa shape index (κ2) is 14.4. The summed E-state index contributed by atoms with van der Waals surface area (Å²) in [6.45, 7) is 3.02. The lowest BCUT2D eigenvalue weighted by molar-refractivity contribution is -0.123. The highest BCUT2D eigenvalue weighted by Gasteiger charge is 2.24. The lowest BCUT2D eigenvalue weighted by Crippen LogP contribution is -2.48. The Morgan fingerprint density at radius 2 is 2.00 bits per heavy atom. The number of amides is 2. The van der Waals surface area contributed by atoms with Crippen molar-refractivity contribution >= 4 is 35.1 Å². The Hall–Kier alpha value is -3.96. The second-order valence-electron chi connectivity index (χ2n) is 9.59. The molecule has 2 aromatic heterocycles. The zero-order valence-corrected chi connectivity index (χ0v) is 23.3. The number of carbonyl (C=O) groups excluding carboxylic acids is 2. The number of piperidine rings is 1. The van der Waals surface area contributed by atoms with E-state index in [1.807, 2.05) is 42.5 Å². The van der Waals surface area contributed by atoms with Crippen molar-refractivity contribution in [3.63, 3.8) is 0 Å². The van der Waals surface area contributed by atoms with Gasteiger partial charge in [0.2, 0.25) is 0 Å². The summed E-state index contributed by atoms with van der Waals surface area (Å²) in [7, 11) is 1.65. The standard InChI is InChI=1S/C28H35ClN8O3/c1-31-27-24(35-25(29)26(30)36-27)28(39)34-21-8-5-15-37(17-21)14-4-6-19-9-11-22(12-10-19)40-18-23(38)33-16-20-7-2-3-13-32-20/h2-3,7,9-13,21H,4-6,8,14-18H2,1H3,(H,33,38)(H,34,39)(H3,30,31,36). The molecule has 0 radical (unpaired) electrons. The SMILES string of the molecule is CNc1nc(N)c(Cl)nc1C(=O)NC1CCCN(CCCc2ccc(OCC(=O)NCc3ccccn3)cc2)C1. The van der Waals surface area contributed by atoms with E-state index in [0.29, 0.717) is 18.1 Å². The van der Waals surface area contributed by atoms with Crippen LogP contribution in [0.2, 0.25) is 5.15 Å². The normalized spacial score (nSPS) is 15.3. The zero-order valence-electron chi connectivity index (χ0n) is 22.5. The van der Waals surface area contributed by atoms with Crippen LogP contribution in [0.1, 0.15) is 41.0 Å². The van der Waals surface area contributed by atoms with Gasteiger partial charge in [-0.1, -0.05) is 29.8 Å². The number of nitrogens with zero attached hydrogens (tertiary/aromatic N) is 4. The summed E-state index contributed by atoms with van der Waals surface area (Å²) >= 11 is 5.99. The molecule has 12 heteroatoms. The third kappa shape index (κ3) is 8.52. The van der Waals surface area contributed by atoms with Gasteiger partial charge in [0.25, 0.3) is 11.8 Å². The van der Waals surface area contributed by atoms with E-state index in [4.69, 9.17) is 22.1 Å². The summed E-state index contributed by atoms with van der Waals surface area (Å²) < 4.78 is 5.61. The van der Waals surface area contributed by atoms with Crippen molar-refractivity contribution < 1.29 is 14.3 Å². The number of anilines is 2. The maximum absolute atomic E-state index is 12.9. The zero-order chi connectivity index (χ0) is 28.3. The first-order valence-electron chi connectivity index (χ1n) is 13.3. The van der Waals surface area contributed by atoms with Gasteiger partial charge in [-0.25, -0.2) is 9.97 Å². The first kappa shape index (κ1) is 29.0. The first-order valence-corrected chi connectivity index (χ1v) is 13.7. The number of hydrogen-bond acceptors (Lipinski definition) is 9. The molecule has 0 spiro atoms. The third-order valence-electron chi connectivity index (χ3n) is 6.60. The number of likely N-dealkylation sites (tertiary alicyclic amines) is 1. The summed E-state index contributed by atoms with van der Waals surface area (Å²) in [6.07, 6.45) is 5.50. The molecule has 1 aliphatic rings. The molecule has 1 unspecified atom stereocenters. The van der Waals surface area contributed by atoms with E-state index < -0.39 is 0 Å². The van der Waals surface area contributed by atoms with Crippen LogP contribution in [0.4, 0.5) is 11.6 Å². The number of halogens is 1. The number of nitrogen functional groups attached to an aromatic ring is 1. The van der Waals surface area contributed by atoms with Crippen LogP contribution in [0.25, 0.3) is 0 Å². The van der Waals surface area contributed by atoms with Crippen LogP contribution in [-0.4, -0.2) is 71.0 Å². The smallest absolute Gasteiger partial charge is 0.274 e. The summed E-state index contributed by atoms with van der Waals surface area (Å²) in [5, 5.41) is 8.73. The Bertz CT molecular complexity index is 1280. The average Bonchev–Trinajstić information content (AvgIpc) is 2.97.